The molecule has 1 aromatic carbocycles. The highest BCUT2D eigenvalue weighted by molar-refractivity contribution is 7.80. The summed E-state index contributed by atoms with van der Waals surface area (Å²) in [5.74, 6) is 0.917. The molecule has 0 aliphatic rings. The van der Waals surface area contributed by atoms with Gasteiger partial charge in [0.15, 0.2) is 0 Å². The molecule has 0 amide bonds. The highest BCUT2D eigenvalue weighted by atomic mass is 32.1. The van der Waals surface area contributed by atoms with Crippen LogP contribution in [0.4, 0.5) is 11.6 Å². The molecule has 98 valence electrons. The van der Waals surface area contributed by atoms with Crippen molar-refractivity contribution in [2.45, 2.75) is 19.8 Å². The maximum Gasteiger partial charge on any atom is 0.227 e. The number of nitrogens with one attached hydrogen (secondary N) is 1. The fraction of sp³-hybridized carbons (Fsp3) is 0.214. The highest BCUT2D eigenvalue weighted by Gasteiger charge is 2.08. The van der Waals surface area contributed by atoms with Crippen molar-refractivity contribution >= 4 is 28.8 Å². The van der Waals surface area contributed by atoms with Crippen LogP contribution in [0.25, 0.3) is 0 Å². The molecule has 19 heavy (non-hydrogen) atoms. The largest absolute Gasteiger partial charge is 0.388 e. The molecule has 0 saturated heterocycles. The van der Waals surface area contributed by atoms with Gasteiger partial charge < -0.3 is 11.1 Å². The zero-order valence-electron chi connectivity index (χ0n) is 10.9. The van der Waals surface area contributed by atoms with E-state index in [-0.39, 0.29) is 4.99 Å². The van der Waals surface area contributed by atoms with Gasteiger partial charge in [-0.1, -0.05) is 44.3 Å². The van der Waals surface area contributed by atoms with Crippen molar-refractivity contribution in [3.05, 3.63) is 47.8 Å². The molecule has 2 aromatic rings. The standard InChI is InChI=1S/C14H16N4S/c1-9(2)10-5-3-4-6-11(10)17-14-16-8-7-12(18-14)13(15)19/h3-9H,1-2H3,(H2,15,19)(H,16,17,18). The number of anilines is 2. The summed E-state index contributed by atoms with van der Waals surface area (Å²) in [6, 6.07) is 9.79. The van der Waals surface area contributed by atoms with Gasteiger partial charge in [-0.3, -0.25) is 0 Å². The number of rotatable bonds is 4. The minimum Gasteiger partial charge on any atom is -0.388 e. The van der Waals surface area contributed by atoms with Gasteiger partial charge >= 0.3 is 0 Å². The number of aromatic nitrogens is 2. The molecule has 0 aliphatic carbocycles. The molecule has 0 saturated carbocycles. The minimum atomic E-state index is 0.266. The topological polar surface area (TPSA) is 63.8 Å². The molecule has 0 unspecified atom stereocenters. The predicted octanol–water partition coefficient (Wildman–Crippen LogP) is 2.98. The summed E-state index contributed by atoms with van der Waals surface area (Å²) in [5.41, 5.74) is 8.34. The second-order valence-corrected chi connectivity index (χ2v) is 4.94. The van der Waals surface area contributed by atoms with E-state index in [0.717, 1.165) is 5.69 Å². The van der Waals surface area contributed by atoms with Crippen LogP contribution in [-0.4, -0.2) is 15.0 Å². The van der Waals surface area contributed by atoms with E-state index in [4.69, 9.17) is 18.0 Å². The molecule has 0 radical (unpaired) electrons. The molecular formula is C14H16N4S. The summed E-state index contributed by atoms with van der Waals surface area (Å²) in [4.78, 5) is 8.73. The first-order chi connectivity index (χ1) is 9.08. The Morgan fingerprint density at radius 1 is 1.26 bits per heavy atom. The molecule has 0 bridgehead atoms. The van der Waals surface area contributed by atoms with Gasteiger partial charge in [-0.15, -0.1) is 0 Å². The molecular weight excluding hydrogens is 256 g/mol. The van der Waals surface area contributed by atoms with Crippen LogP contribution in [0, 0.1) is 0 Å². The zero-order chi connectivity index (χ0) is 13.8. The summed E-state index contributed by atoms with van der Waals surface area (Å²) >= 11 is 4.91. The van der Waals surface area contributed by atoms with Crippen LogP contribution in [0.3, 0.4) is 0 Å². The first kappa shape index (κ1) is 13.4. The molecule has 1 aromatic heterocycles. The van der Waals surface area contributed by atoms with E-state index >= 15 is 0 Å². The van der Waals surface area contributed by atoms with Crippen molar-refractivity contribution in [2.75, 3.05) is 5.32 Å². The minimum absolute atomic E-state index is 0.266. The smallest absolute Gasteiger partial charge is 0.227 e. The van der Waals surface area contributed by atoms with Gasteiger partial charge in [-0.2, -0.15) is 0 Å². The van der Waals surface area contributed by atoms with Crippen LogP contribution in [0.5, 0.6) is 0 Å². The lowest BCUT2D eigenvalue weighted by molar-refractivity contribution is 0.868. The van der Waals surface area contributed by atoms with E-state index < -0.39 is 0 Å². The van der Waals surface area contributed by atoms with E-state index in [1.807, 2.05) is 18.2 Å². The quantitative estimate of drug-likeness (QED) is 0.838. The summed E-state index contributed by atoms with van der Waals surface area (Å²) in [6.07, 6.45) is 1.64. The maximum absolute atomic E-state index is 5.57. The Kier molecular flexibility index (Phi) is 4.06. The van der Waals surface area contributed by atoms with Crippen molar-refractivity contribution in [1.29, 1.82) is 0 Å². The maximum atomic E-state index is 5.57. The molecule has 4 nitrogen and oxygen atoms in total. The SMILES string of the molecule is CC(C)c1ccccc1Nc1nccc(C(N)=S)n1. The van der Waals surface area contributed by atoms with Gasteiger partial charge in [0.05, 0.1) is 0 Å². The number of nitrogens with two attached hydrogens (primary N) is 1. The Balaban J connectivity index is 2.31. The van der Waals surface area contributed by atoms with Crippen molar-refractivity contribution in [3.63, 3.8) is 0 Å². The second kappa shape index (κ2) is 5.75. The number of para-hydroxylation sites is 1. The van der Waals surface area contributed by atoms with Crippen molar-refractivity contribution < 1.29 is 0 Å². The highest BCUT2D eigenvalue weighted by Crippen LogP contribution is 2.25. The van der Waals surface area contributed by atoms with Gasteiger partial charge in [0.1, 0.15) is 10.7 Å². The number of benzene rings is 1. The molecule has 1 heterocycles. The molecule has 3 N–H and O–H groups in total. The third kappa shape index (κ3) is 3.26. The van der Waals surface area contributed by atoms with Crippen LogP contribution < -0.4 is 11.1 Å². The number of hydrogen-bond acceptors (Lipinski definition) is 4. The van der Waals surface area contributed by atoms with Gasteiger partial charge in [-0.25, -0.2) is 9.97 Å². The normalized spacial score (nSPS) is 10.5. The molecule has 0 atom stereocenters. The predicted molar refractivity (Wildman–Crippen MR) is 81.7 cm³/mol. The van der Waals surface area contributed by atoms with E-state index in [2.05, 4.69) is 35.2 Å². The van der Waals surface area contributed by atoms with Crippen LogP contribution in [0.2, 0.25) is 0 Å². The summed E-state index contributed by atoms with van der Waals surface area (Å²) in [6.45, 7) is 4.29. The zero-order valence-corrected chi connectivity index (χ0v) is 11.7. The van der Waals surface area contributed by atoms with E-state index in [1.54, 1.807) is 12.3 Å². The Morgan fingerprint density at radius 2 is 2.00 bits per heavy atom. The first-order valence-electron chi connectivity index (χ1n) is 6.06. The van der Waals surface area contributed by atoms with Gasteiger partial charge in [0.2, 0.25) is 5.95 Å². The Morgan fingerprint density at radius 3 is 2.68 bits per heavy atom. The number of hydrogen-bond donors (Lipinski definition) is 2. The molecule has 2 rings (SSSR count). The first-order valence-corrected chi connectivity index (χ1v) is 6.47. The fourth-order valence-electron chi connectivity index (χ4n) is 1.79. The van der Waals surface area contributed by atoms with E-state index in [0.29, 0.717) is 17.6 Å². The Labute approximate surface area is 118 Å². The van der Waals surface area contributed by atoms with Crippen molar-refractivity contribution in [3.8, 4) is 0 Å². The van der Waals surface area contributed by atoms with Crippen LogP contribution in [0.15, 0.2) is 36.5 Å². The van der Waals surface area contributed by atoms with Gasteiger partial charge in [0, 0.05) is 11.9 Å². The van der Waals surface area contributed by atoms with E-state index in [1.165, 1.54) is 5.56 Å². The summed E-state index contributed by atoms with van der Waals surface area (Å²) < 4.78 is 0. The van der Waals surface area contributed by atoms with Gasteiger partial charge in [0.25, 0.3) is 0 Å². The third-order valence-electron chi connectivity index (χ3n) is 2.74. The lowest BCUT2D eigenvalue weighted by atomic mass is 10.0. The summed E-state index contributed by atoms with van der Waals surface area (Å²) in [7, 11) is 0. The Bertz CT molecular complexity index is 596. The van der Waals surface area contributed by atoms with Crippen LogP contribution in [-0.2, 0) is 0 Å². The second-order valence-electron chi connectivity index (χ2n) is 4.50. The fourth-order valence-corrected chi connectivity index (χ4v) is 1.90. The number of nitrogens with zero attached hydrogens (tertiary/aromatic N) is 2. The molecule has 5 heteroatoms. The lowest BCUT2D eigenvalue weighted by Crippen LogP contribution is -2.13. The molecule has 0 fully saturated rings. The third-order valence-corrected chi connectivity index (χ3v) is 2.95. The average Bonchev–Trinajstić information content (AvgIpc) is 2.39. The lowest BCUT2D eigenvalue weighted by Gasteiger charge is -2.13. The Hall–Kier alpha value is -2.01. The van der Waals surface area contributed by atoms with Crippen LogP contribution >= 0.6 is 12.2 Å². The average molecular weight is 272 g/mol. The van der Waals surface area contributed by atoms with E-state index in [9.17, 15) is 0 Å². The number of thiocarbonyl (C=S) groups is 1. The van der Waals surface area contributed by atoms with Gasteiger partial charge in [-0.05, 0) is 23.6 Å². The summed E-state index contributed by atoms with van der Waals surface area (Å²) in [5, 5.41) is 3.21. The molecule has 0 spiro atoms. The van der Waals surface area contributed by atoms with Crippen molar-refractivity contribution in [2.24, 2.45) is 5.73 Å². The monoisotopic (exact) mass is 272 g/mol. The molecule has 0 aliphatic heterocycles. The van der Waals surface area contributed by atoms with Crippen LogP contribution in [0.1, 0.15) is 31.0 Å². The van der Waals surface area contributed by atoms with Crippen molar-refractivity contribution in [1.82, 2.24) is 9.97 Å².